The highest BCUT2D eigenvalue weighted by Gasteiger charge is 1.97. The number of hydrogen-bond acceptors (Lipinski definition) is 1. The molecule has 10 heavy (non-hydrogen) atoms. The van der Waals surface area contributed by atoms with Crippen molar-refractivity contribution in [2.75, 3.05) is 6.61 Å². The normalized spacial score (nSPS) is 13.0. The van der Waals surface area contributed by atoms with Crippen molar-refractivity contribution >= 4 is 0 Å². The van der Waals surface area contributed by atoms with Crippen LogP contribution in [0, 0.1) is 5.92 Å². The minimum Gasteiger partial charge on any atom is -0.396 e. The predicted molar refractivity (Wildman–Crippen MR) is 44.9 cm³/mol. The molecule has 0 bridgehead atoms. The Kier molecular flexibility index (Phi) is 6.61. The van der Waals surface area contributed by atoms with Gasteiger partial charge in [0.05, 0.1) is 0 Å². The molecule has 0 unspecified atom stereocenters. The molecule has 0 aromatic rings. The molecule has 1 heteroatoms. The zero-order chi connectivity index (χ0) is 7.82. The van der Waals surface area contributed by atoms with Crippen molar-refractivity contribution in [3.05, 3.63) is 12.7 Å². The van der Waals surface area contributed by atoms with E-state index in [4.69, 9.17) is 5.11 Å². The SMILES string of the molecule is C=CCCCC[C@@H](C)CO. The first-order valence-electron chi connectivity index (χ1n) is 4.03. The van der Waals surface area contributed by atoms with Gasteiger partial charge < -0.3 is 5.11 Å². The van der Waals surface area contributed by atoms with Gasteiger partial charge in [-0.1, -0.05) is 19.4 Å². The average molecular weight is 142 g/mol. The third-order valence-corrected chi connectivity index (χ3v) is 1.67. The fourth-order valence-corrected chi connectivity index (χ4v) is 0.873. The molecular formula is C9H18O. The molecule has 0 fully saturated rings. The third kappa shape index (κ3) is 5.83. The fraction of sp³-hybridized carbons (Fsp3) is 0.778. The molecule has 0 aliphatic carbocycles. The minimum atomic E-state index is 0.327. The average Bonchev–Trinajstić information content (AvgIpc) is 1.98. The Hall–Kier alpha value is -0.300. The highest BCUT2D eigenvalue weighted by Crippen LogP contribution is 2.07. The topological polar surface area (TPSA) is 20.2 Å². The molecule has 1 nitrogen and oxygen atoms in total. The predicted octanol–water partition coefficient (Wildman–Crippen LogP) is 2.36. The largest absolute Gasteiger partial charge is 0.396 e. The second-order valence-corrected chi connectivity index (χ2v) is 2.86. The zero-order valence-electron chi connectivity index (χ0n) is 6.84. The van der Waals surface area contributed by atoms with E-state index in [9.17, 15) is 0 Å². The smallest absolute Gasteiger partial charge is 0.0456 e. The molecule has 1 N–H and O–H groups in total. The summed E-state index contributed by atoms with van der Waals surface area (Å²) in [6.07, 6.45) is 6.63. The number of aliphatic hydroxyl groups is 1. The lowest BCUT2D eigenvalue weighted by Crippen LogP contribution is -1.99. The molecule has 1 atom stereocenters. The molecule has 0 radical (unpaired) electrons. The monoisotopic (exact) mass is 142 g/mol. The van der Waals surface area contributed by atoms with Crippen LogP contribution in [-0.2, 0) is 0 Å². The van der Waals surface area contributed by atoms with Crippen LogP contribution in [0.4, 0.5) is 0 Å². The quantitative estimate of drug-likeness (QED) is 0.446. The first-order valence-corrected chi connectivity index (χ1v) is 4.03. The van der Waals surface area contributed by atoms with Gasteiger partial charge in [0.15, 0.2) is 0 Å². The molecule has 0 aromatic carbocycles. The number of hydrogen-bond donors (Lipinski definition) is 1. The van der Waals surface area contributed by atoms with Crippen LogP contribution < -0.4 is 0 Å². The van der Waals surface area contributed by atoms with E-state index in [0.717, 1.165) is 12.8 Å². The Balaban J connectivity index is 2.95. The maximum Gasteiger partial charge on any atom is 0.0456 e. The van der Waals surface area contributed by atoms with E-state index in [-0.39, 0.29) is 0 Å². The Morgan fingerprint density at radius 1 is 1.50 bits per heavy atom. The molecule has 60 valence electrons. The van der Waals surface area contributed by atoms with Crippen LogP contribution in [0.15, 0.2) is 12.7 Å². The second kappa shape index (κ2) is 6.81. The lowest BCUT2D eigenvalue weighted by Gasteiger charge is -2.05. The van der Waals surface area contributed by atoms with Gasteiger partial charge in [0.2, 0.25) is 0 Å². The molecule has 0 aliphatic rings. The van der Waals surface area contributed by atoms with E-state index < -0.39 is 0 Å². The molecular weight excluding hydrogens is 124 g/mol. The van der Waals surface area contributed by atoms with Crippen LogP contribution in [0.2, 0.25) is 0 Å². The summed E-state index contributed by atoms with van der Waals surface area (Å²) in [7, 11) is 0. The summed E-state index contributed by atoms with van der Waals surface area (Å²) in [5.74, 6) is 0.477. The van der Waals surface area contributed by atoms with Gasteiger partial charge in [-0.2, -0.15) is 0 Å². The Morgan fingerprint density at radius 3 is 2.70 bits per heavy atom. The van der Waals surface area contributed by atoms with Crippen LogP contribution in [0.25, 0.3) is 0 Å². The lowest BCUT2D eigenvalue weighted by molar-refractivity contribution is 0.227. The van der Waals surface area contributed by atoms with Gasteiger partial charge in [-0.25, -0.2) is 0 Å². The molecule has 0 saturated carbocycles. The lowest BCUT2D eigenvalue weighted by atomic mass is 10.0. The van der Waals surface area contributed by atoms with Crippen molar-refractivity contribution in [3.8, 4) is 0 Å². The van der Waals surface area contributed by atoms with E-state index in [1.165, 1.54) is 12.8 Å². The summed E-state index contributed by atoms with van der Waals surface area (Å²) >= 11 is 0. The van der Waals surface area contributed by atoms with Gasteiger partial charge in [-0.3, -0.25) is 0 Å². The molecule has 0 amide bonds. The van der Waals surface area contributed by atoms with Crippen molar-refractivity contribution < 1.29 is 5.11 Å². The van der Waals surface area contributed by atoms with Gasteiger partial charge in [0, 0.05) is 6.61 Å². The Labute approximate surface area is 63.8 Å². The summed E-state index contributed by atoms with van der Waals surface area (Å²) in [5, 5.41) is 8.67. The molecule has 0 spiro atoms. The van der Waals surface area contributed by atoms with Crippen LogP contribution in [0.1, 0.15) is 32.6 Å². The molecule has 0 heterocycles. The van der Waals surface area contributed by atoms with Gasteiger partial charge in [0.25, 0.3) is 0 Å². The standard InChI is InChI=1S/C9H18O/c1-3-4-5-6-7-9(2)8-10/h3,9-10H,1,4-8H2,2H3/t9-/m1/s1. The van der Waals surface area contributed by atoms with Gasteiger partial charge in [0.1, 0.15) is 0 Å². The van der Waals surface area contributed by atoms with Gasteiger partial charge >= 0.3 is 0 Å². The number of allylic oxidation sites excluding steroid dienone is 1. The van der Waals surface area contributed by atoms with Crippen molar-refractivity contribution in [1.82, 2.24) is 0 Å². The molecule has 0 saturated heterocycles. The van der Waals surface area contributed by atoms with Crippen LogP contribution >= 0.6 is 0 Å². The van der Waals surface area contributed by atoms with E-state index in [1.807, 2.05) is 6.08 Å². The fourth-order valence-electron chi connectivity index (χ4n) is 0.873. The molecule has 0 rings (SSSR count). The maximum absolute atomic E-state index is 8.67. The van der Waals surface area contributed by atoms with Crippen LogP contribution in [-0.4, -0.2) is 11.7 Å². The minimum absolute atomic E-state index is 0.327. The summed E-state index contributed by atoms with van der Waals surface area (Å²) in [6.45, 7) is 6.05. The van der Waals surface area contributed by atoms with Crippen molar-refractivity contribution in [2.45, 2.75) is 32.6 Å². The van der Waals surface area contributed by atoms with Crippen LogP contribution in [0.3, 0.4) is 0 Å². The van der Waals surface area contributed by atoms with Crippen molar-refractivity contribution in [3.63, 3.8) is 0 Å². The van der Waals surface area contributed by atoms with Gasteiger partial charge in [-0.05, 0) is 25.2 Å². The number of rotatable bonds is 6. The Morgan fingerprint density at radius 2 is 2.20 bits per heavy atom. The number of unbranched alkanes of at least 4 members (excludes halogenated alkanes) is 2. The zero-order valence-corrected chi connectivity index (χ0v) is 6.84. The summed E-state index contributed by atoms with van der Waals surface area (Å²) in [5.41, 5.74) is 0. The van der Waals surface area contributed by atoms with Crippen molar-refractivity contribution in [1.29, 1.82) is 0 Å². The second-order valence-electron chi connectivity index (χ2n) is 2.86. The summed E-state index contributed by atoms with van der Waals surface area (Å²) in [4.78, 5) is 0. The van der Waals surface area contributed by atoms with E-state index in [2.05, 4.69) is 13.5 Å². The first-order chi connectivity index (χ1) is 4.81. The Bertz CT molecular complexity index is 78.8. The summed E-state index contributed by atoms with van der Waals surface area (Å²) in [6, 6.07) is 0. The maximum atomic E-state index is 8.67. The molecule has 0 aliphatic heterocycles. The third-order valence-electron chi connectivity index (χ3n) is 1.67. The molecule has 0 aromatic heterocycles. The van der Waals surface area contributed by atoms with Gasteiger partial charge in [-0.15, -0.1) is 6.58 Å². The highest BCUT2D eigenvalue weighted by atomic mass is 16.3. The highest BCUT2D eigenvalue weighted by molar-refractivity contribution is 4.65. The van der Waals surface area contributed by atoms with E-state index in [1.54, 1.807) is 0 Å². The van der Waals surface area contributed by atoms with Crippen molar-refractivity contribution in [2.24, 2.45) is 5.92 Å². The number of aliphatic hydroxyl groups excluding tert-OH is 1. The van der Waals surface area contributed by atoms with E-state index in [0.29, 0.717) is 12.5 Å². The first kappa shape index (κ1) is 9.70. The van der Waals surface area contributed by atoms with E-state index >= 15 is 0 Å². The van der Waals surface area contributed by atoms with Crippen LogP contribution in [0.5, 0.6) is 0 Å². The summed E-state index contributed by atoms with van der Waals surface area (Å²) < 4.78 is 0.